The van der Waals surface area contributed by atoms with Gasteiger partial charge in [-0.2, -0.15) is 0 Å². The second-order valence-electron chi connectivity index (χ2n) is 7.96. The number of thiophene rings is 1. The van der Waals surface area contributed by atoms with Crippen LogP contribution >= 0.6 is 11.3 Å². The number of hydrogen-bond donors (Lipinski definition) is 1. The van der Waals surface area contributed by atoms with Crippen LogP contribution in [0.2, 0.25) is 0 Å². The van der Waals surface area contributed by atoms with Crippen LogP contribution in [0.25, 0.3) is 0 Å². The lowest BCUT2D eigenvalue weighted by atomic mass is 9.95. The molecule has 1 aliphatic heterocycles. The molecular formula is C20H30N2O5S2. The van der Waals surface area contributed by atoms with Crippen molar-refractivity contribution >= 4 is 38.2 Å². The second-order valence-corrected chi connectivity index (χ2v) is 11.1. The van der Waals surface area contributed by atoms with E-state index in [2.05, 4.69) is 5.32 Å². The maximum absolute atomic E-state index is 12.9. The van der Waals surface area contributed by atoms with Crippen LogP contribution in [-0.4, -0.2) is 50.0 Å². The average molecular weight is 443 g/mol. The smallest absolute Gasteiger partial charge is 0.341 e. The number of fused-ring (bicyclic) bond motifs is 1. The Morgan fingerprint density at radius 2 is 1.90 bits per heavy atom. The van der Waals surface area contributed by atoms with E-state index in [-0.39, 0.29) is 23.9 Å². The SMILES string of the molecule is CC[C@H](C)OC(=O)c1c(NC(=O)C2CCN(S(C)(=O)=O)CC2)sc2c1CCCC2. The van der Waals surface area contributed by atoms with Gasteiger partial charge in [-0.25, -0.2) is 17.5 Å². The number of ether oxygens (including phenoxy) is 1. The van der Waals surface area contributed by atoms with E-state index in [0.29, 0.717) is 36.5 Å². The summed E-state index contributed by atoms with van der Waals surface area (Å²) in [4.78, 5) is 26.9. The zero-order chi connectivity index (χ0) is 21.2. The Balaban J connectivity index is 1.75. The van der Waals surface area contributed by atoms with Gasteiger partial charge in [0, 0.05) is 23.9 Å². The minimum absolute atomic E-state index is 0.144. The predicted octanol–water partition coefficient (Wildman–Crippen LogP) is 3.19. The van der Waals surface area contributed by atoms with Crippen LogP contribution in [0.1, 0.15) is 66.8 Å². The molecule has 0 unspecified atom stereocenters. The van der Waals surface area contributed by atoms with Crippen molar-refractivity contribution in [2.45, 2.75) is 64.9 Å². The monoisotopic (exact) mass is 442 g/mol. The molecule has 1 aromatic rings. The summed E-state index contributed by atoms with van der Waals surface area (Å²) >= 11 is 1.48. The number of anilines is 1. The fourth-order valence-corrected chi connectivity index (χ4v) is 6.01. The topological polar surface area (TPSA) is 92.8 Å². The average Bonchev–Trinajstić information content (AvgIpc) is 3.05. The minimum Gasteiger partial charge on any atom is -0.459 e. The number of aryl methyl sites for hydroxylation is 1. The summed E-state index contributed by atoms with van der Waals surface area (Å²) in [5, 5.41) is 3.56. The molecule has 2 heterocycles. The van der Waals surface area contributed by atoms with Crippen molar-refractivity contribution in [2.24, 2.45) is 5.92 Å². The first kappa shape index (κ1) is 22.2. The first-order valence-corrected chi connectivity index (χ1v) is 13.0. The van der Waals surface area contributed by atoms with E-state index in [9.17, 15) is 18.0 Å². The van der Waals surface area contributed by atoms with Crippen LogP contribution in [0.3, 0.4) is 0 Å². The van der Waals surface area contributed by atoms with Crippen LogP contribution in [-0.2, 0) is 32.4 Å². The highest BCUT2D eigenvalue weighted by Crippen LogP contribution is 2.39. The van der Waals surface area contributed by atoms with E-state index >= 15 is 0 Å². The molecule has 1 aliphatic carbocycles. The summed E-state index contributed by atoms with van der Waals surface area (Å²) in [6.45, 7) is 4.53. The maximum atomic E-state index is 12.9. The number of amides is 1. The molecule has 1 N–H and O–H groups in total. The van der Waals surface area contributed by atoms with Gasteiger partial charge in [0.1, 0.15) is 5.00 Å². The third-order valence-electron chi connectivity index (χ3n) is 5.79. The molecule has 1 atom stereocenters. The van der Waals surface area contributed by atoms with Gasteiger partial charge in [0.05, 0.1) is 17.9 Å². The van der Waals surface area contributed by atoms with Crippen molar-refractivity contribution in [3.63, 3.8) is 0 Å². The highest BCUT2D eigenvalue weighted by Gasteiger charge is 2.32. The number of esters is 1. The number of piperidine rings is 1. The molecule has 0 bridgehead atoms. The molecule has 7 nitrogen and oxygen atoms in total. The van der Waals surface area contributed by atoms with Crippen LogP contribution in [0.4, 0.5) is 5.00 Å². The Hall–Kier alpha value is -1.45. The molecule has 29 heavy (non-hydrogen) atoms. The number of sulfonamides is 1. The lowest BCUT2D eigenvalue weighted by molar-refractivity contribution is -0.120. The van der Waals surface area contributed by atoms with Gasteiger partial charge in [-0.1, -0.05) is 6.92 Å². The summed E-state index contributed by atoms with van der Waals surface area (Å²) in [5.74, 6) is -0.763. The fourth-order valence-electron chi connectivity index (χ4n) is 3.86. The molecule has 1 saturated heterocycles. The molecule has 0 saturated carbocycles. The Labute approximate surface area is 176 Å². The van der Waals surface area contributed by atoms with E-state index in [1.165, 1.54) is 21.9 Å². The van der Waals surface area contributed by atoms with Gasteiger partial charge in [-0.3, -0.25) is 4.79 Å². The van der Waals surface area contributed by atoms with E-state index in [0.717, 1.165) is 42.5 Å². The molecular weight excluding hydrogens is 412 g/mol. The number of nitrogens with one attached hydrogen (secondary N) is 1. The van der Waals surface area contributed by atoms with Gasteiger partial charge in [0.15, 0.2) is 0 Å². The van der Waals surface area contributed by atoms with E-state index in [4.69, 9.17) is 4.74 Å². The Morgan fingerprint density at radius 1 is 1.24 bits per heavy atom. The van der Waals surface area contributed by atoms with E-state index < -0.39 is 10.0 Å². The Morgan fingerprint density at radius 3 is 2.52 bits per heavy atom. The normalized spacial score (nSPS) is 19.4. The molecule has 1 amide bonds. The van der Waals surface area contributed by atoms with E-state index in [1.54, 1.807) is 0 Å². The van der Waals surface area contributed by atoms with Crippen molar-refractivity contribution in [3.8, 4) is 0 Å². The van der Waals surface area contributed by atoms with Gasteiger partial charge >= 0.3 is 5.97 Å². The molecule has 0 radical (unpaired) electrons. The first-order chi connectivity index (χ1) is 13.7. The van der Waals surface area contributed by atoms with Crippen molar-refractivity contribution in [2.75, 3.05) is 24.7 Å². The van der Waals surface area contributed by atoms with Crippen LogP contribution in [0.5, 0.6) is 0 Å². The summed E-state index contributed by atoms with van der Waals surface area (Å²) in [7, 11) is -3.23. The number of nitrogens with zero attached hydrogens (tertiary/aromatic N) is 1. The largest absolute Gasteiger partial charge is 0.459 e. The van der Waals surface area contributed by atoms with Gasteiger partial charge < -0.3 is 10.1 Å². The molecule has 1 aromatic heterocycles. The minimum atomic E-state index is -3.23. The van der Waals surface area contributed by atoms with Gasteiger partial charge in [0.25, 0.3) is 0 Å². The van der Waals surface area contributed by atoms with Gasteiger partial charge in [-0.15, -0.1) is 11.3 Å². The van der Waals surface area contributed by atoms with Crippen molar-refractivity contribution in [1.82, 2.24) is 4.31 Å². The standard InChI is InChI=1S/C20H30N2O5S2/c1-4-13(2)27-20(24)17-15-7-5-6-8-16(15)28-19(17)21-18(23)14-9-11-22(12-10-14)29(3,25)26/h13-14H,4-12H2,1-3H3,(H,21,23)/t13-/m0/s1. The number of hydrogen-bond acceptors (Lipinski definition) is 6. The molecule has 3 rings (SSSR count). The highest BCUT2D eigenvalue weighted by atomic mass is 32.2. The zero-order valence-electron chi connectivity index (χ0n) is 17.3. The summed E-state index contributed by atoms with van der Waals surface area (Å²) < 4.78 is 30.3. The third-order valence-corrected chi connectivity index (χ3v) is 8.30. The predicted molar refractivity (Wildman–Crippen MR) is 114 cm³/mol. The highest BCUT2D eigenvalue weighted by molar-refractivity contribution is 7.88. The van der Waals surface area contributed by atoms with E-state index in [1.807, 2.05) is 13.8 Å². The Bertz CT molecular complexity index is 870. The number of carbonyl (C=O) groups excluding carboxylic acids is 2. The van der Waals surface area contributed by atoms with Crippen molar-refractivity contribution in [3.05, 3.63) is 16.0 Å². The van der Waals surface area contributed by atoms with Crippen LogP contribution in [0, 0.1) is 5.92 Å². The van der Waals surface area contributed by atoms with Crippen LogP contribution < -0.4 is 5.32 Å². The quantitative estimate of drug-likeness (QED) is 0.683. The molecule has 0 spiro atoms. The molecule has 162 valence electrons. The van der Waals surface area contributed by atoms with Gasteiger partial charge in [-0.05, 0) is 57.4 Å². The summed E-state index contributed by atoms with van der Waals surface area (Å²) in [6.07, 6.45) is 6.59. The lowest BCUT2D eigenvalue weighted by Crippen LogP contribution is -2.40. The maximum Gasteiger partial charge on any atom is 0.341 e. The molecule has 9 heteroatoms. The van der Waals surface area contributed by atoms with Crippen molar-refractivity contribution in [1.29, 1.82) is 0 Å². The van der Waals surface area contributed by atoms with Crippen LogP contribution in [0.15, 0.2) is 0 Å². The molecule has 1 fully saturated rings. The first-order valence-electron chi connectivity index (χ1n) is 10.3. The molecule has 2 aliphatic rings. The van der Waals surface area contributed by atoms with Gasteiger partial charge in [0.2, 0.25) is 15.9 Å². The lowest BCUT2D eigenvalue weighted by Gasteiger charge is -2.29. The summed E-state index contributed by atoms with van der Waals surface area (Å²) in [6, 6.07) is 0. The number of rotatable bonds is 6. The zero-order valence-corrected chi connectivity index (χ0v) is 19.0. The Kier molecular flexibility index (Phi) is 7.01. The summed E-state index contributed by atoms with van der Waals surface area (Å²) in [5.41, 5.74) is 1.55. The fraction of sp³-hybridized carbons (Fsp3) is 0.700. The number of carbonyl (C=O) groups is 2. The second kappa shape index (κ2) is 9.14. The molecule has 0 aromatic carbocycles. The third kappa shape index (κ3) is 5.19. The van der Waals surface area contributed by atoms with Crippen molar-refractivity contribution < 1.29 is 22.7 Å².